The molecule has 0 aliphatic rings. The molecule has 0 spiro atoms. The Kier molecular flexibility index (Phi) is 1.98. The molecule has 0 fully saturated rings. The maximum atomic E-state index is 10.8. The molecule has 0 saturated carbocycles. The predicted octanol–water partition coefficient (Wildman–Crippen LogP) is 1.27. The van der Waals surface area contributed by atoms with Gasteiger partial charge in [-0.2, -0.15) is 0 Å². The molecule has 0 unspecified atom stereocenters. The highest BCUT2D eigenvalue weighted by atomic mass is 16.5. The molecule has 0 amide bonds. The molecule has 0 N–H and O–H groups in total. The van der Waals surface area contributed by atoms with Crippen molar-refractivity contribution in [3.05, 3.63) is 27.8 Å². The number of rotatable bonds is 1. The van der Waals surface area contributed by atoms with Crippen LogP contribution in [0, 0.1) is 13.8 Å². The van der Waals surface area contributed by atoms with E-state index in [0.717, 1.165) is 5.56 Å². The van der Waals surface area contributed by atoms with Crippen molar-refractivity contribution in [3.8, 4) is 5.75 Å². The third kappa shape index (κ3) is 1.42. The van der Waals surface area contributed by atoms with Crippen molar-refractivity contribution in [2.45, 2.75) is 13.8 Å². The SMILES string of the molecule is COc1cc(=O)oc(C)c1C. The Bertz CT molecular complexity index is 312. The summed E-state index contributed by atoms with van der Waals surface area (Å²) in [7, 11) is 1.53. The van der Waals surface area contributed by atoms with Crippen LogP contribution in [0.3, 0.4) is 0 Å². The maximum Gasteiger partial charge on any atom is 0.339 e. The van der Waals surface area contributed by atoms with Crippen molar-refractivity contribution >= 4 is 0 Å². The van der Waals surface area contributed by atoms with Crippen molar-refractivity contribution in [2.24, 2.45) is 0 Å². The van der Waals surface area contributed by atoms with Crippen molar-refractivity contribution in [1.29, 1.82) is 0 Å². The fourth-order valence-electron chi connectivity index (χ4n) is 0.858. The Morgan fingerprint density at radius 3 is 2.64 bits per heavy atom. The van der Waals surface area contributed by atoms with E-state index >= 15 is 0 Å². The normalized spacial score (nSPS) is 9.73. The van der Waals surface area contributed by atoms with E-state index in [1.165, 1.54) is 13.2 Å². The van der Waals surface area contributed by atoms with Crippen LogP contribution in [0.5, 0.6) is 5.75 Å². The first-order valence-corrected chi connectivity index (χ1v) is 3.30. The number of methoxy groups -OCH3 is 1. The molecule has 1 aromatic rings. The van der Waals surface area contributed by atoms with Gasteiger partial charge in [-0.15, -0.1) is 0 Å². The van der Waals surface area contributed by atoms with E-state index in [1.54, 1.807) is 6.92 Å². The van der Waals surface area contributed by atoms with Crippen molar-refractivity contribution < 1.29 is 9.15 Å². The minimum Gasteiger partial charge on any atom is -0.496 e. The lowest BCUT2D eigenvalue weighted by molar-refractivity contribution is 0.391. The molecule has 0 atom stereocenters. The molecular formula is C8H10O3. The van der Waals surface area contributed by atoms with E-state index in [-0.39, 0.29) is 5.63 Å². The number of hydrogen-bond acceptors (Lipinski definition) is 3. The van der Waals surface area contributed by atoms with Crippen LogP contribution in [0.4, 0.5) is 0 Å². The topological polar surface area (TPSA) is 39.4 Å². The molecule has 1 rings (SSSR count). The van der Waals surface area contributed by atoms with Gasteiger partial charge in [-0.05, 0) is 13.8 Å². The second kappa shape index (κ2) is 2.78. The van der Waals surface area contributed by atoms with Crippen LogP contribution in [-0.4, -0.2) is 7.11 Å². The fraction of sp³-hybridized carbons (Fsp3) is 0.375. The van der Waals surface area contributed by atoms with Crippen LogP contribution in [-0.2, 0) is 0 Å². The molecule has 11 heavy (non-hydrogen) atoms. The monoisotopic (exact) mass is 154 g/mol. The molecule has 0 aromatic carbocycles. The Morgan fingerprint density at radius 2 is 2.09 bits per heavy atom. The van der Waals surface area contributed by atoms with E-state index in [0.29, 0.717) is 11.5 Å². The number of aryl methyl sites for hydroxylation is 1. The molecule has 1 heterocycles. The third-order valence-electron chi connectivity index (χ3n) is 1.62. The minimum absolute atomic E-state index is 0.370. The van der Waals surface area contributed by atoms with E-state index < -0.39 is 0 Å². The molecule has 0 aliphatic carbocycles. The quantitative estimate of drug-likeness (QED) is 0.611. The van der Waals surface area contributed by atoms with E-state index in [9.17, 15) is 4.79 Å². The van der Waals surface area contributed by atoms with Gasteiger partial charge in [0.25, 0.3) is 0 Å². The first-order chi connectivity index (χ1) is 5.15. The lowest BCUT2D eigenvalue weighted by atomic mass is 10.2. The predicted molar refractivity (Wildman–Crippen MR) is 41.0 cm³/mol. The first-order valence-electron chi connectivity index (χ1n) is 3.30. The van der Waals surface area contributed by atoms with Gasteiger partial charge in [0.05, 0.1) is 13.2 Å². The summed E-state index contributed by atoms with van der Waals surface area (Å²) >= 11 is 0. The van der Waals surface area contributed by atoms with Gasteiger partial charge < -0.3 is 9.15 Å². The van der Waals surface area contributed by atoms with Gasteiger partial charge in [0.2, 0.25) is 0 Å². The van der Waals surface area contributed by atoms with Gasteiger partial charge in [0.15, 0.2) is 0 Å². The van der Waals surface area contributed by atoms with Gasteiger partial charge in [-0.3, -0.25) is 0 Å². The summed E-state index contributed by atoms with van der Waals surface area (Å²) in [5.74, 6) is 1.19. The summed E-state index contributed by atoms with van der Waals surface area (Å²) in [5, 5.41) is 0. The highest BCUT2D eigenvalue weighted by Crippen LogP contribution is 2.16. The van der Waals surface area contributed by atoms with Gasteiger partial charge in [0.1, 0.15) is 11.5 Å². The molecule has 0 aliphatic heterocycles. The third-order valence-corrected chi connectivity index (χ3v) is 1.62. The van der Waals surface area contributed by atoms with Crippen LogP contribution in [0.2, 0.25) is 0 Å². The number of hydrogen-bond donors (Lipinski definition) is 0. The van der Waals surface area contributed by atoms with Crippen LogP contribution in [0.15, 0.2) is 15.3 Å². The van der Waals surface area contributed by atoms with Crippen LogP contribution >= 0.6 is 0 Å². The fourth-order valence-corrected chi connectivity index (χ4v) is 0.858. The molecule has 1 aromatic heterocycles. The van der Waals surface area contributed by atoms with Gasteiger partial charge >= 0.3 is 5.63 Å². The summed E-state index contributed by atoms with van der Waals surface area (Å²) in [6.07, 6.45) is 0. The number of ether oxygens (including phenoxy) is 1. The summed E-state index contributed by atoms with van der Waals surface area (Å²) in [6, 6.07) is 1.34. The van der Waals surface area contributed by atoms with Crippen LogP contribution in [0.25, 0.3) is 0 Å². The van der Waals surface area contributed by atoms with Crippen molar-refractivity contribution in [2.75, 3.05) is 7.11 Å². The van der Waals surface area contributed by atoms with E-state index in [2.05, 4.69) is 0 Å². The van der Waals surface area contributed by atoms with E-state index in [4.69, 9.17) is 9.15 Å². The zero-order valence-electron chi connectivity index (χ0n) is 6.80. The highest BCUT2D eigenvalue weighted by Gasteiger charge is 2.03. The lowest BCUT2D eigenvalue weighted by Gasteiger charge is -2.03. The van der Waals surface area contributed by atoms with Crippen LogP contribution < -0.4 is 10.4 Å². The van der Waals surface area contributed by atoms with Gasteiger partial charge in [-0.1, -0.05) is 0 Å². The lowest BCUT2D eigenvalue weighted by Crippen LogP contribution is -2.01. The van der Waals surface area contributed by atoms with Crippen LogP contribution in [0.1, 0.15) is 11.3 Å². The van der Waals surface area contributed by atoms with Gasteiger partial charge in [-0.25, -0.2) is 4.79 Å². The largest absolute Gasteiger partial charge is 0.496 e. The average Bonchev–Trinajstić information content (AvgIpc) is 1.96. The van der Waals surface area contributed by atoms with E-state index in [1.807, 2.05) is 6.92 Å². The standard InChI is InChI=1S/C8H10O3/c1-5-6(2)11-8(9)4-7(5)10-3/h4H,1-3H3. The summed E-state index contributed by atoms with van der Waals surface area (Å²) in [5.41, 5.74) is 0.497. The van der Waals surface area contributed by atoms with Crippen molar-refractivity contribution in [3.63, 3.8) is 0 Å². The molecule has 3 heteroatoms. The second-order valence-electron chi connectivity index (χ2n) is 2.31. The van der Waals surface area contributed by atoms with Gasteiger partial charge in [0, 0.05) is 5.56 Å². The molecular weight excluding hydrogens is 144 g/mol. The minimum atomic E-state index is -0.370. The maximum absolute atomic E-state index is 10.8. The van der Waals surface area contributed by atoms with Crippen molar-refractivity contribution in [1.82, 2.24) is 0 Å². The zero-order chi connectivity index (χ0) is 8.43. The molecule has 0 radical (unpaired) electrons. The molecule has 0 saturated heterocycles. The summed E-state index contributed by atoms with van der Waals surface area (Å²) < 4.78 is 9.76. The smallest absolute Gasteiger partial charge is 0.339 e. The Hall–Kier alpha value is -1.25. The first kappa shape index (κ1) is 7.85. The Labute approximate surface area is 64.6 Å². The average molecular weight is 154 g/mol. The summed E-state index contributed by atoms with van der Waals surface area (Å²) in [4.78, 5) is 10.8. The Morgan fingerprint density at radius 1 is 1.45 bits per heavy atom. The Balaban J connectivity index is 3.36. The molecule has 0 bridgehead atoms. The molecule has 60 valence electrons. The summed E-state index contributed by atoms with van der Waals surface area (Å²) in [6.45, 7) is 3.58. The highest BCUT2D eigenvalue weighted by molar-refractivity contribution is 5.31. The molecule has 3 nitrogen and oxygen atoms in total. The zero-order valence-corrected chi connectivity index (χ0v) is 6.80. The second-order valence-corrected chi connectivity index (χ2v) is 2.31.